The molecule has 2 aromatic heterocycles. The summed E-state index contributed by atoms with van der Waals surface area (Å²) in [6.45, 7) is 3.10. The van der Waals surface area contributed by atoms with Crippen molar-refractivity contribution in [2.24, 2.45) is 0 Å². The van der Waals surface area contributed by atoms with Gasteiger partial charge in [-0.2, -0.15) is 4.98 Å². The van der Waals surface area contributed by atoms with Crippen LogP contribution >= 0.6 is 24.0 Å². The number of fused-ring (bicyclic) bond motifs is 1. The van der Waals surface area contributed by atoms with Crippen LogP contribution in [0.1, 0.15) is 24.0 Å². The predicted octanol–water partition coefficient (Wildman–Crippen LogP) is 3.40. The van der Waals surface area contributed by atoms with E-state index in [9.17, 15) is 0 Å². The number of hydrogen-bond acceptors (Lipinski definition) is 8. The van der Waals surface area contributed by atoms with Gasteiger partial charge in [0.1, 0.15) is 10.8 Å². The minimum absolute atomic E-state index is 0.200. The van der Waals surface area contributed by atoms with Crippen molar-refractivity contribution in [3.8, 4) is 0 Å². The first-order valence-electron chi connectivity index (χ1n) is 10.5. The number of ether oxygens (including phenoxy) is 1. The first kappa shape index (κ1) is 21.0. The lowest BCUT2D eigenvalue weighted by Crippen LogP contribution is -2.35. The van der Waals surface area contributed by atoms with Crippen molar-refractivity contribution >= 4 is 40.9 Å². The molecule has 1 aromatic carbocycles. The molecule has 0 radical (unpaired) electrons. The summed E-state index contributed by atoms with van der Waals surface area (Å²) in [6.07, 6.45) is 5.79. The molecule has 2 N–H and O–H groups in total. The largest absolute Gasteiger partial charge is 0.376 e. The summed E-state index contributed by atoms with van der Waals surface area (Å²) in [7, 11) is 0. The van der Waals surface area contributed by atoms with E-state index in [-0.39, 0.29) is 6.10 Å². The van der Waals surface area contributed by atoms with E-state index >= 15 is 0 Å². The van der Waals surface area contributed by atoms with E-state index in [2.05, 4.69) is 54.8 Å². The molecule has 3 aromatic rings. The second-order valence-corrected chi connectivity index (χ2v) is 9.01. The molecular formula is C22H23N7OS2. The number of rotatable bonds is 6. The molecule has 0 spiro atoms. The summed E-state index contributed by atoms with van der Waals surface area (Å²) in [5.74, 6) is 1.28. The molecule has 0 saturated carbocycles. The fourth-order valence-corrected chi connectivity index (χ4v) is 4.65. The molecule has 1 atom stereocenters. The number of hydrogen-bond donors (Lipinski definition) is 2. The fourth-order valence-electron chi connectivity index (χ4n) is 3.77. The summed E-state index contributed by atoms with van der Waals surface area (Å²) in [4.78, 5) is 20.2. The van der Waals surface area contributed by atoms with E-state index in [0.717, 1.165) is 43.4 Å². The minimum Gasteiger partial charge on any atom is -0.376 e. The van der Waals surface area contributed by atoms with Gasteiger partial charge in [-0.25, -0.2) is 15.0 Å². The molecule has 0 amide bonds. The molecular weight excluding hydrogens is 442 g/mol. The third kappa shape index (κ3) is 5.14. The number of nitrogens with one attached hydrogen (secondary N) is 2. The van der Waals surface area contributed by atoms with E-state index in [4.69, 9.17) is 21.9 Å². The van der Waals surface area contributed by atoms with Gasteiger partial charge in [0.2, 0.25) is 5.95 Å². The van der Waals surface area contributed by atoms with Crippen molar-refractivity contribution in [3.63, 3.8) is 0 Å². The third-order valence-electron chi connectivity index (χ3n) is 5.33. The Morgan fingerprint density at radius 3 is 2.62 bits per heavy atom. The van der Waals surface area contributed by atoms with Crippen LogP contribution in [0.25, 0.3) is 0 Å². The SMILES string of the molecule is S=C(NCC1CCCO1)Nc1nc(Sc2ncccn2)cc(N2Cc3ccccc3C2)n1. The van der Waals surface area contributed by atoms with Gasteiger partial charge < -0.3 is 20.3 Å². The Labute approximate surface area is 196 Å². The molecule has 1 unspecified atom stereocenters. The normalized spacial score (nSPS) is 17.2. The van der Waals surface area contributed by atoms with Gasteiger partial charge in [0.05, 0.1) is 6.10 Å². The summed E-state index contributed by atoms with van der Waals surface area (Å²) in [5.41, 5.74) is 2.63. The van der Waals surface area contributed by atoms with Crippen molar-refractivity contribution in [2.75, 3.05) is 23.4 Å². The molecule has 164 valence electrons. The summed E-state index contributed by atoms with van der Waals surface area (Å²) in [6, 6.07) is 12.2. The zero-order valence-electron chi connectivity index (χ0n) is 17.4. The topological polar surface area (TPSA) is 88.1 Å². The van der Waals surface area contributed by atoms with Crippen LogP contribution in [0.2, 0.25) is 0 Å². The maximum absolute atomic E-state index is 5.65. The highest BCUT2D eigenvalue weighted by molar-refractivity contribution is 7.99. The maximum Gasteiger partial charge on any atom is 0.232 e. The quantitative estimate of drug-likeness (QED) is 0.321. The Morgan fingerprint density at radius 1 is 1.12 bits per heavy atom. The zero-order chi connectivity index (χ0) is 21.8. The van der Waals surface area contributed by atoms with E-state index in [1.54, 1.807) is 18.5 Å². The van der Waals surface area contributed by atoms with Crippen LogP contribution in [0.4, 0.5) is 11.8 Å². The lowest BCUT2D eigenvalue weighted by molar-refractivity contribution is 0.114. The van der Waals surface area contributed by atoms with E-state index in [1.807, 2.05) is 6.07 Å². The fraction of sp³-hybridized carbons (Fsp3) is 0.318. The number of aromatic nitrogens is 4. The monoisotopic (exact) mass is 465 g/mol. The van der Waals surface area contributed by atoms with Crippen molar-refractivity contribution in [1.29, 1.82) is 0 Å². The van der Waals surface area contributed by atoms with Crippen LogP contribution in [-0.4, -0.2) is 44.3 Å². The van der Waals surface area contributed by atoms with Crippen molar-refractivity contribution < 1.29 is 4.74 Å². The van der Waals surface area contributed by atoms with Gasteiger partial charge in [-0.15, -0.1) is 0 Å². The molecule has 32 heavy (non-hydrogen) atoms. The zero-order valence-corrected chi connectivity index (χ0v) is 19.0. The Hall–Kier alpha value is -2.82. The van der Waals surface area contributed by atoms with E-state index in [1.165, 1.54) is 22.9 Å². The standard InChI is InChI=1S/C22H23N7OS2/c31-21(25-12-17-7-3-10-30-17)28-20-26-18(29-13-15-5-1-2-6-16(15)14-29)11-19(27-20)32-22-23-8-4-9-24-22/h1-2,4-6,8-9,11,17H,3,7,10,12-14H2,(H2,25,26,27,28,31). The van der Waals surface area contributed by atoms with Crippen LogP contribution < -0.4 is 15.5 Å². The smallest absolute Gasteiger partial charge is 0.232 e. The van der Waals surface area contributed by atoms with Gasteiger partial charge in [0.25, 0.3) is 0 Å². The van der Waals surface area contributed by atoms with Crippen molar-refractivity contribution in [3.05, 3.63) is 59.9 Å². The second-order valence-electron chi connectivity index (χ2n) is 7.62. The summed E-state index contributed by atoms with van der Waals surface area (Å²) in [5, 5.41) is 8.22. The first-order valence-corrected chi connectivity index (χ1v) is 11.8. The molecule has 1 fully saturated rings. The maximum atomic E-state index is 5.65. The molecule has 10 heteroatoms. The Bertz CT molecular complexity index is 1070. The average molecular weight is 466 g/mol. The number of benzene rings is 1. The lowest BCUT2D eigenvalue weighted by Gasteiger charge is -2.19. The predicted molar refractivity (Wildman–Crippen MR) is 128 cm³/mol. The molecule has 0 aliphatic carbocycles. The highest BCUT2D eigenvalue weighted by Gasteiger charge is 2.22. The summed E-state index contributed by atoms with van der Waals surface area (Å²) >= 11 is 6.87. The number of nitrogens with zero attached hydrogens (tertiary/aromatic N) is 5. The Balaban J connectivity index is 1.35. The average Bonchev–Trinajstić information content (AvgIpc) is 3.48. The number of thiocarbonyl (C=S) groups is 1. The van der Waals surface area contributed by atoms with Gasteiger partial charge in [-0.1, -0.05) is 24.3 Å². The first-order chi connectivity index (χ1) is 15.7. The van der Waals surface area contributed by atoms with Crippen molar-refractivity contribution in [2.45, 2.75) is 42.2 Å². The molecule has 2 aliphatic rings. The van der Waals surface area contributed by atoms with E-state index in [0.29, 0.717) is 22.8 Å². The van der Waals surface area contributed by atoms with Crippen LogP contribution in [0.15, 0.2) is 59.0 Å². The van der Waals surface area contributed by atoms with Crippen LogP contribution in [0.5, 0.6) is 0 Å². The lowest BCUT2D eigenvalue weighted by atomic mass is 10.1. The molecule has 4 heterocycles. The summed E-state index contributed by atoms with van der Waals surface area (Å²) < 4.78 is 5.65. The van der Waals surface area contributed by atoms with Gasteiger partial charge in [-0.3, -0.25) is 0 Å². The van der Waals surface area contributed by atoms with Crippen LogP contribution in [-0.2, 0) is 17.8 Å². The Kier molecular flexibility index (Phi) is 6.42. The molecule has 1 saturated heterocycles. The van der Waals surface area contributed by atoms with Gasteiger partial charge in [-0.05, 0) is 54.0 Å². The second kappa shape index (κ2) is 9.76. The molecule has 0 bridgehead atoms. The van der Waals surface area contributed by atoms with Crippen molar-refractivity contribution in [1.82, 2.24) is 25.3 Å². The minimum atomic E-state index is 0.200. The van der Waals surface area contributed by atoms with Gasteiger partial charge in [0.15, 0.2) is 10.3 Å². The highest BCUT2D eigenvalue weighted by atomic mass is 32.2. The van der Waals surface area contributed by atoms with E-state index < -0.39 is 0 Å². The third-order valence-corrected chi connectivity index (χ3v) is 6.39. The van der Waals surface area contributed by atoms with Gasteiger partial charge >= 0.3 is 0 Å². The molecule has 8 nitrogen and oxygen atoms in total. The highest BCUT2D eigenvalue weighted by Crippen LogP contribution is 2.31. The molecule has 5 rings (SSSR count). The van der Waals surface area contributed by atoms with Gasteiger partial charge in [0, 0.05) is 44.7 Å². The van der Waals surface area contributed by atoms with Crippen LogP contribution in [0.3, 0.4) is 0 Å². The Morgan fingerprint density at radius 2 is 1.91 bits per heavy atom. The number of anilines is 2. The van der Waals surface area contributed by atoms with Crippen LogP contribution in [0, 0.1) is 0 Å². The molecule has 2 aliphatic heterocycles.